The number of rotatable bonds is 0. The van der Waals surface area contributed by atoms with E-state index in [9.17, 15) is 0 Å². The van der Waals surface area contributed by atoms with Gasteiger partial charge in [-0.2, -0.15) is 0 Å². The van der Waals surface area contributed by atoms with E-state index in [0.29, 0.717) is 0 Å². The van der Waals surface area contributed by atoms with Gasteiger partial charge in [-0.25, -0.2) is 16.8 Å². The van der Waals surface area contributed by atoms with Crippen molar-refractivity contribution in [3.63, 3.8) is 0 Å². The molecule has 0 aliphatic rings. The first-order chi connectivity index (χ1) is 6.93. The molecule has 106 valence electrons. The summed E-state index contributed by atoms with van der Waals surface area (Å²) in [6.07, 6.45) is 0. The Morgan fingerprint density at radius 2 is 0.529 bits per heavy atom. The molecule has 0 aromatic heterocycles. The minimum absolute atomic E-state index is 0. The van der Waals surface area contributed by atoms with Crippen LogP contribution in [-0.4, -0.2) is 53.3 Å². The molecule has 17 heavy (non-hydrogen) atoms. The third kappa shape index (κ3) is 4050. The van der Waals surface area contributed by atoms with Crippen LogP contribution in [0.15, 0.2) is 0 Å². The van der Waals surface area contributed by atoms with Crippen LogP contribution < -0.4 is 0 Å². The second kappa shape index (κ2) is 25.7. The van der Waals surface area contributed by atoms with Crippen molar-refractivity contribution < 1.29 is 74.3 Å². The van der Waals surface area contributed by atoms with Gasteiger partial charge in [-0.05, 0) is 0 Å². The van der Waals surface area contributed by atoms with Gasteiger partial charge < -0.3 is 36.4 Å². The van der Waals surface area contributed by atoms with Crippen molar-refractivity contribution in [2.24, 2.45) is 0 Å². The van der Waals surface area contributed by atoms with Crippen LogP contribution in [-0.2, 0) is 66.5 Å². The summed E-state index contributed by atoms with van der Waals surface area (Å²) in [6.45, 7) is 0. The molecule has 0 heterocycles. The van der Waals surface area contributed by atoms with Gasteiger partial charge in [0.25, 0.3) is 0 Å². The maximum atomic E-state index is 8.56. The smallest absolute Gasteiger partial charge is 0.750 e. The van der Waals surface area contributed by atoms with Gasteiger partial charge in [0.05, 0.1) is 45.4 Å². The van der Waals surface area contributed by atoms with Gasteiger partial charge in [0.2, 0.25) is 0 Å². The minimum atomic E-state index is -2.86. The average Bonchev–Trinajstić information content (AvgIpc) is 1.76. The second-order valence-corrected chi connectivity index (χ2v) is 2.61. The topological polar surface area (TPSA) is 241 Å². The Morgan fingerprint density at radius 3 is 0.529 bits per heavy atom. The molecule has 12 nitrogen and oxygen atoms in total. The van der Waals surface area contributed by atoms with E-state index < -0.39 is 45.4 Å². The average molecular weight is 420 g/mol. The first-order valence-electron chi connectivity index (χ1n) is 2.06. The summed E-state index contributed by atoms with van der Waals surface area (Å²) in [4.78, 5) is 0. The molecule has 0 radical (unpaired) electrons. The van der Waals surface area contributed by atoms with Crippen molar-refractivity contribution in [1.82, 2.24) is 0 Å². The molecule has 0 fully saturated rings. The predicted molar refractivity (Wildman–Crippen MR) is 46.2 cm³/mol. The fraction of sp³-hybridized carbons (Fsp3) is 0. The zero-order valence-corrected chi connectivity index (χ0v) is 12.4. The van der Waals surface area contributed by atoms with E-state index in [1.54, 1.807) is 0 Å². The normalized spacial score (nSPS) is 14.6. The van der Waals surface area contributed by atoms with Crippen LogP contribution in [0.3, 0.4) is 0 Å². The summed E-state index contributed by atoms with van der Waals surface area (Å²) >= 11 is -11.4. The molecule has 0 aliphatic carbocycles. The molecule has 4 N–H and O–H groups in total. The zero-order chi connectivity index (χ0) is 14.3. The van der Waals surface area contributed by atoms with Crippen LogP contribution in [0.5, 0.6) is 0 Å². The van der Waals surface area contributed by atoms with Crippen molar-refractivity contribution in [2.45, 2.75) is 0 Å². The van der Waals surface area contributed by atoms with Crippen LogP contribution in [0.2, 0.25) is 0 Å². The molecule has 0 amide bonds. The maximum absolute atomic E-state index is 8.56. The summed E-state index contributed by atoms with van der Waals surface area (Å²) in [6, 6.07) is 0. The molecule has 4 unspecified atom stereocenters. The summed E-state index contributed by atoms with van der Waals surface area (Å²) in [5, 5.41) is 0. The molecular formula is H4MoO12S4. The van der Waals surface area contributed by atoms with Crippen LogP contribution in [0.1, 0.15) is 0 Å². The van der Waals surface area contributed by atoms with E-state index in [-0.39, 0.29) is 21.1 Å². The Hall–Kier alpha value is 0.968. The number of hydrogen-bond acceptors (Lipinski definition) is 8. The first-order valence-corrected chi connectivity index (χ1v) is 6.19. The molecule has 0 aliphatic heterocycles. The van der Waals surface area contributed by atoms with Crippen molar-refractivity contribution in [3.8, 4) is 0 Å². The van der Waals surface area contributed by atoms with Gasteiger partial charge in [-0.3, -0.25) is 0 Å². The molecule has 0 bridgehead atoms. The summed E-state index contributed by atoms with van der Waals surface area (Å²) in [7, 11) is 0. The van der Waals surface area contributed by atoms with E-state index in [0.717, 1.165) is 0 Å². The fourth-order valence-corrected chi connectivity index (χ4v) is 0. The Balaban J connectivity index is -0.0000000369. The molecule has 17 heteroatoms. The Labute approximate surface area is 119 Å². The van der Waals surface area contributed by atoms with Crippen molar-refractivity contribution in [3.05, 3.63) is 0 Å². The maximum Gasteiger partial charge on any atom is 4.00 e. The minimum Gasteiger partial charge on any atom is -0.750 e. The van der Waals surface area contributed by atoms with E-state index in [1.807, 2.05) is 0 Å². The van der Waals surface area contributed by atoms with Crippen molar-refractivity contribution in [2.75, 3.05) is 0 Å². The first kappa shape index (κ1) is 30.8. The number of hydrogen-bond donors (Lipinski definition) is 4. The van der Waals surface area contributed by atoms with Crippen LogP contribution in [0.4, 0.5) is 0 Å². The second-order valence-electron chi connectivity index (χ2n) is 0.868. The van der Waals surface area contributed by atoms with E-state index in [2.05, 4.69) is 0 Å². The van der Waals surface area contributed by atoms with Crippen LogP contribution in [0.25, 0.3) is 0 Å². The summed E-state index contributed by atoms with van der Waals surface area (Å²) in [5.41, 5.74) is 0. The van der Waals surface area contributed by atoms with Gasteiger partial charge in [0.15, 0.2) is 0 Å². The van der Waals surface area contributed by atoms with Gasteiger partial charge in [0.1, 0.15) is 0 Å². The van der Waals surface area contributed by atoms with Crippen molar-refractivity contribution in [1.29, 1.82) is 0 Å². The quantitative estimate of drug-likeness (QED) is 0.232. The molecule has 0 rings (SSSR count). The van der Waals surface area contributed by atoms with Gasteiger partial charge in [-0.15, -0.1) is 0 Å². The molecule has 0 aromatic rings. The molecule has 0 spiro atoms. The van der Waals surface area contributed by atoms with Gasteiger partial charge in [-0.1, -0.05) is 0 Å². The van der Waals surface area contributed by atoms with E-state index in [1.165, 1.54) is 0 Å². The third-order valence-corrected chi connectivity index (χ3v) is 0. The van der Waals surface area contributed by atoms with Gasteiger partial charge in [0, 0.05) is 0 Å². The van der Waals surface area contributed by atoms with E-state index >= 15 is 0 Å². The predicted octanol–water partition coefficient (Wildman–Crippen LogP) is -2.65. The molecule has 0 saturated carbocycles. The standard InChI is InChI=1S/Mo.4H2O3S/c;4*1-4(2)3/h;4*(H2,1,2,3)/q+4;;;;/p-4. The van der Waals surface area contributed by atoms with Crippen LogP contribution in [0, 0.1) is 0 Å². The van der Waals surface area contributed by atoms with Gasteiger partial charge >= 0.3 is 21.1 Å². The molecule has 0 saturated heterocycles. The third-order valence-electron chi connectivity index (χ3n) is 0. The van der Waals surface area contributed by atoms with Crippen LogP contribution >= 0.6 is 0 Å². The largest absolute Gasteiger partial charge is 4.00 e. The summed E-state index contributed by atoms with van der Waals surface area (Å²) in [5.74, 6) is 0. The molecule has 4 atom stereocenters. The molecule has 0 aromatic carbocycles. The van der Waals surface area contributed by atoms with Crippen molar-refractivity contribution >= 4 is 45.4 Å². The fourth-order valence-electron chi connectivity index (χ4n) is 0. The van der Waals surface area contributed by atoms with E-state index in [4.69, 9.17) is 53.3 Å². The Bertz CT molecular complexity index is 159. The Kier molecular flexibility index (Phi) is 46.6. The monoisotopic (exact) mass is 422 g/mol. The Morgan fingerprint density at radius 1 is 0.529 bits per heavy atom. The summed E-state index contributed by atoms with van der Waals surface area (Å²) < 4.78 is 96.3. The zero-order valence-electron chi connectivity index (χ0n) is 7.10. The molecular weight excluding hydrogens is 416 g/mol. The SMILES string of the molecule is O=S([O-])O.O=S([O-])O.O=S([O-])O.O=S([O-])O.[Mo+4].